The predicted molar refractivity (Wildman–Crippen MR) is 83.3 cm³/mol. The minimum atomic E-state index is -0.563. The molecule has 0 fully saturated rings. The summed E-state index contributed by atoms with van der Waals surface area (Å²) in [6.45, 7) is 5.40. The van der Waals surface area contributed by atoms with E-state index in [1.807, 2.05) is 6.07 Å². The van der Waals surface area contributed by atoms with Gasteiger partial charge in [-0.3, -0.25) is 5.32 Å². The molecule has 0 aliphatic heterocycles. The van der Waals surface area contributed by atoms with Gasteiger partial charge in [-0.25, -0.2) is 4.79 Å². The number of hydrogen-bond acceptors (Lipinski definition) is 4. The number of ether oxygens (including phenoxy) is 2. The van der Waals surface area contributed by atoms with E-state index in [9.17, 15) is 4.79 Å². The summed E-state index contributed by atoms with van der Waals surface area (Å²) in [6, 6.07) is 5.30. The van der Waals surface area contributed by atoms with E-state index in [1.165, 1.54) is 0 Å². The highest BCUT2D eigenvalue weighted by molar-refractivity contribution is 7.80. The molecule has 110 valence electrons. The fraction of sp³-hybridized carbons (Fsp3) is 0.429. The van der Waals surface area contributed by atoms with Crippen LogP contribution in [0.5, 0.6) is 5.75 Å². The van der Waals surface area contributed by atoms with Gasteiger partial charge in [0, 0.05) is 12.5 Å². The van der Waals surface area contributed by atoms with Gasteiger partial charge in [-0.2, -0.15) is 0 Å². The smallest absolute Gasteiger partial charge is 0.412 e. The fourth-order valence-electron chi connectivity index (χ4n) is 1.55. The molecule has 0 aromatic heterocycles. The quantitative estimate of drug-likeness (QED) is 0.836. The third kappa shape index (κ3) is 5.44. The van der Waals surface area contributed by atoms with Crippen molar-refractivity contribution in [3.8, 4) is 5.75 Å². The SMILES string of the molecule is COc1ccc(CC(N)=S)c(NC(=O)OC(C)(C)C)c1. The summed E-state index contributed by atoms with van der Waals surface area (Å²) in [7, 11) is 1.56. The van der Waals surface area contributed by atoms with Crippen LogP contribution in [0.3, 0.4) is 0 Å². The van der Waals surface area contributed by atoms with Crippen molar-refractivity contribution in [3.63, 3.8) is 0 Å². The van der Waals surface area contributed by atoms with Gasteiger partial charge in [-0.15, -0.1) is 0 Å². The molecule has 0 saturated carbocycles. The lowest BCUT2D eigenvalue weighted by molar-refractivity contribution is 0.0636. The summed E-state index contributed by atoms with van der Waals surface area (Å²) in [5, 5.41) is 2.69. The van der Waals surface area contributed by atoms with Gasteiger partial charge in [0.2, 0.25) is 0 Å². The molecule has 5 nitrogen and oxygen atoms in total. The Morgan fingerprint density at radius 2 is 2.05 bits per heavy atom. The molecule has 1 aromatic rings. The first kappa shape index (κ1) is 16.2. The molecule has 0 bridgehead atoms. The number of carbonyl (C=O) groups excluding carboxylic acids is 1. The van der Waals surface area contributed by atoms with Gasteiger partial charge in [-0.1, -0.05) is 18.3 Å². The lowest BCUT2D eigenvalue weighted by Crippen LogP contribution is -2.27. The number of hydrogen-bond donors (Lipinski definition) is 2. The van der Waals surface area contributed by atoms with Crippen LogP contribution in [0.4, 0.5) is 10.5 Å². The van der Waals surface area contributed by atoms with E-state index < -0.39 is 11.7 Å². The van der Waals surface area contributed by atoms with Crippen LogP contribution in [0, 0.1) is 0 Å². The van der Waals surface area contributed by atoms with E-state index in [1.54, 1.807) is 40.0 Å². The number of benzene rings is 1. The molecule has 0 aliphatic rings. The van der Waals surface area contributed by atoms with E-state index in [2.05, 4.69) is 5.32 Å². The number of amides is 1. The van der Waals surface area contributed by atoms with E-state index in [0.717, 1.165) is 5.56 Å². The first-order valence-electron chi connectivity index (χ1n) is 6.16. The topological polar surface area (TPSA) is 73.6 Å². The Labute approximate surface area is 124 Å². The molecule has 1 rings (SSSR count). The zero-order chi connectivity index (χ0) is 15.3. The van der Waals surface area contributed by atoms with Gasteiger partial charge in [0.25, 0.3) is 0 Å². The predicted octanol–water partition coefficient (Wildman–Crippen LogP) is 2.87. The maximum atomic E-state index is 11.8. The summed E-state index contributed by atoms with van der Waals surface area (Å²) in [4.78, 5) is 12.2. The second kappa shape index (κ2) is 6.56. The fourth-order valence-corrected chi connectivity index (χ4v) is 1.71. The number of rotatable bonds is 4. The van der Waals surface area contributed by atoms with Gasteiger partial charge in [0.1, 0.15) is 11.4 Å². The normalized spacial score (nSPS) is 10.8. The monoisotopic (exact) mass is 296 g/mol. The van der Waals surface area contributed by atoms with Crippen LogP contribution < -0.4 is 15.8 Å². The van der Waals surface area contributed by atoms with Crippen LogP contribution in [0.1, 0.15) is 26.3 Å². The van der Waals surface area contributed by atoms with Crippen molar-refractivity contribution in [1.82, 2.24) is 0 Å². The molecular weight excluding hydrogens is 276 g/mol. The van der Waals surface area contributed by atoms with Crippen molar-refractivity contribution in [2.45, 2.75) is 32.8 Å². The number of methoxy groups -OCH3 is 1. The standard InChI is InChI=1S/C14H20N2O3S/c1-14(2,3)19-13(17)16-11-8-10(18-4)6-5-9(11)7-12(15)20/h5-6,8H,7H2,1-4H3,(H2,15,20)(H,16,17). The Kier molecular flexibility index (Phi) is 5.33. The van der Waals surface area contributed by atoms with E-state index in [0.29, 0.717) is 22.8 Å². The van der Waals surface area contributed by atoms with Gasteiger partial charge in [0.15, 0.2) is 0 Å². The third-order valence-electron chi connectivity index (χ3n) is 2.32. The Bertz CT molecular complexity index is 510. The van der Waals surface area contributed by atoms with Crippen LogP contribution in [0.15, 0.2) is 18.2 Å². The van der Waals surface area contributed by atoms with E-state index in [-0.39, 0.29) is 0 Å². The minimum absolute atomic E-state index is 0.349. The summed E-state index contributed by atoms with van der Waals surface area (Å²) < 4.78 is 10.4. The molecule has 3 N–H and O–H groups in total. The van der Waals surface area contributed by atoms with Gasteiger partial charge in [0.05, 0.1) is 17.8 Å². The molecule has 20 heavy (non-hydrogen) atoms. The lowest BCUT2D eigenvalue weighted by atomic mass is 10.1. The van der Waals surface area contributed by atoms with Crippen LogP contribution >= 0.6 is 12.2 Å². The summed E-state index contributed by atoms with van der Waals surface area (Å²) in [6.07, 6.45) is -0.139. The number of nitrogens with two attached hydrogens (primary N) is 1. The average molecular weight is 296 g/mol. The Balaban J connectivity index is 2.95. The van der Waals surface area contributed by atoms with Gasteiger partial charge in [-0.05, 0) is 32.4 Å². The first-order chi connectivity index (χ1) is 9.21. The van der Waals surface area contributed by atoms with Crippen molar-refractivity contribution >= 4 is 29.0 Å². The molecule has 0 spiro atoms. The van der Waals surface area contributed by atoms with Crippen molar-refractivity contribution in [1.29, 1.82) is 0 Å². The number of carbonyl (C=O) groups is 1. The minimum Gasteiger partial charge on any atom is -0.497 e. The molecule has 0 unspecified atom stereocenters. The number of thiocarbonyl (C=S) groups is 1. The van der Waals surface area contributed by atoms with E-state index in [4.69, 9.17) is 27.4 Å². The van der Waals surface area contributed by atoms with E-state index >= 15 is 0 Å². The van der Waals surface area contributed by atoms with Gasteiger partial charge < -0.3 is 15.2 Å². The maximum Gasteiger partial charge on any atom is 0.412 e. The highest BCUT2D eigenvalue weighted by Crippen LogP contribution is 2.24. The average Bonchev–Trinajstić information content (AvgIpc) is 2.28. The second-order valence-corrected chi connectivity index (χ2v) is 5.82. The summed E-state index contributed by atoms with van der Waals surface area (Å²) in [5.41, 5.74) is 6.37. The first-order valence-corrected chi connectivity index (χ1v) is 6.57. The van der Waals surface area contributed by atoms with Crippen LogP contribution in [-0.4, -0.2) is 23.8 Å². The van der Waals surface area contributed by atoms with Crippen molar-refractivity contribution in [2.24, 2.45) is 5.73 Å². The molecule has 0 aliphatic carbocycles. The largest absolute Gasteiger partial charge is 0.497 e. The molecule has 0 heterocycles. The molecule has 1 aromatic carbocycles. The van der Waals surface area contributed by atoms with Crippen molar-refractivity contribution in [2.75, 3.05) is 12.4 Å². The lowest BCUT2D eigenvalue weighted by Gasteiger charge is -2.20. The third-order valence-corrected chi connectivity index (χ3v) is 2.46. The molecular formula is C14H20N2O3S. The van der Waals surface area contributed by atoms with Crippen molar-refractivity contribution in [3.05, 3.63) is 23.8 Å². The van der Waals surface area contributed by atoms with Crippen molar-refractivity contribution < 1.29 is 14.3 Å². The Morgan fingerprint density at radius 3 is 2.55 bits per heavy atom. The molecule has 1 amide bonds. The van der Waals surface area contributed by atoms with Gasteiger partial charge >= 0.3 is 6.09 Å². The van der Waals surface area contributed by atoms with Crippen LogP contribution in [0.2, 0.25) is 0 Å². The summed E-state index contributed by atoms with van der Waals surface area (Å²) in [5.74, 6) is 0.628. The molecule has 0 radical (unpaired) electrons. The van der Waals surface area contributed by atoms with Crippen LogP contribution in [-0.2, 0) is 11.2 Å². The summed E-state index contributed by atoms with van der Waals surface area (Å²) >= 11 is 4.90. The number of nitrogens with one attached hydrogen (secondary N) is 1. The second-order valence-electron chi connectivity index (χ2n) is 5.29. The number of anilines is 1. The maximum absolute atomic E-state index is 11.8. The highest BCUT2D eigenvalue weighted by atomic mass is 32.1. The highest BCUT2D eigenvalue weighted by Gasteiger charge is 2.17. The molecule has 0 atom stereocenters. The zero-order valence-electron chi connectivity index (χ0n) is 12.1. The molecule has 0 saturated heterocycles. The molecule has 6 heteroatoms. The Morgan fingerprint density at radius 1 is 1.40 bits per heavy atom. The Hall–Kier alpha value is -1.82. The van der Waals surface area contributed by atoms with Crippen LogP contribution in [0.25, 0.3) is 0 Å². The zero-order valence-corrected chi connectivity index (χ0v) is 13.0.